The predicted molar refractivity (Wildman–Crippen MR) is 129 cm³/mol. The summed E-state index contributed by atoms with van der Waals surface area (Å²) in [6, 6.07) is 20.9. The van der Waals surface area contributed by atoms with E-state index in [0.717, 1.165) is 24.8 Å². The number of amides is 1. The fraction of sp³-hybridized carbons (Fsp3) is 0.333. The van der Waals surface area contributed by atoms with E-state index in [1.165, 1.54) is 29.2 Å². The zero-order valence-corrected chi connectivity index (χ0v) is 19.3. The van der Waals surface area contributed by atoms with E-state index in [9.17, 15) is 4.79 Å². The zero-order valence-electron chi connectivity index (χ0n) is 19.3. The number of fused-ring (bicyclic) bond motifs is 1. The fourth-order valence-corrected chi connectivity index (χ4v) is 4.34. The Balaban J connectivity index is 1.47. The molecule has 6 heteroatoms. The van der Waals surface area contributed by atoms with Gasteiger partial charge in [-0.15, -0.1) is 0 Å². The molecule has 0 unspecified atom stereocenters. The molecule has 0 saturated carbocycles. The van der Waals surface area contributed by atoms with Crippen LogP contribution in [0.4, 0.5) is 0 Å². The van der Waals surface area contributed by atoms with Crippen molar-refractivity contribution >= 4 is 5.91 Å². The first-order valence-electron chi connectivity index (χ1n) is 11.5. The van der Waals surface area contributed by atoms with Gasteiger partial charge in [-0.1, -0.05) is 48.5 Å². The molecule has 0 spiro atoms. The lowest BCUT2D eigenvalue weighted by molar-refractivity contribution is -0.118. The molecule has 3 aromatic rings. The second-order valence-electron chi connectivity index (χ2n) is 8.22. The van der Waals surface area contributed by atoms with Crippen LogP contribution in [0.1, 0.15) is 42.6 Å². The Bertz CT molecular complexity index is 1090. The highest BCUT2D eigenvalue weighted by Crippen LogP contribution is 2.38. The maximum absolute atomic E-state index is 11.0. The van der Waals surface area contributed by atoms with Gasteiger partial charge in [0, 0.05) is 38.2 Å². The number of carbonyl (C=O) groups excluding carboxylic acids is 1. The van der Waals surface area contributed by atoms with Gasteiger partial charge >= 0.3 is 0 Å². The Kier molecular flexibility index (Phi) is 7.58. The lowest BCUT2D eigenvalue weighted by atomic mass is 9.84. The number of hydrogen-bond acceptors (Lipinski definition) is 5. The molecule has 1 amide bonds. The van der Waals surface area contributed by atoms with E-state index < -0.39 is 0 Å². The van der Waals surface area contributed by atoms with Crippen LogP contribution >= 0.6 is 0 Å². The smallest absolute Gasteiger partial charge is 0.220 e. The van der Waals surface area contributed by atoms with Gasteiger partial charge in [0.05, 0.1) is 7.11 Å². The van der Waals surface area contributed by atoms with Crippen molar-refractivity contribution in [3.63, 3.8) is 0 Å². The number of methoxy groups -OCH3 is 1. The minimum Gasteiger partial charge on any atom is -0.481 e. The number of aromatic nitrogens is 1. The summed E-state index contributed by atoms with van der Waals surface area (Å²) in [5.41, 5.74) is 6.08. The highest BCUT2D eigenvalue weighted by atomic mass is 16.5. The van der Waals surface area contributed by atoms with E-state index >= 15 is 0 Å². The SMILES string of the molecule is COc1nc(O[C@H]2CCCc3c(-c4ccccc4)cccc32)ccc1CNCCNC(C)=O. The quantitative estimate of drug-likeness (QED) is 0.477. The number of hydrogen-bond donors (Lipinski definition) is 2. The molecule has 0 saturated heterocycles. The molecule has 0 bridgehead atoms. The first-order valence-corrected chi connectivity index (χ1v) is 11.5. The number of pyridine rings is 1. The highest BCUT2D eigenvalue weighted by Gasteiger charge is 2.24. The van der Waals surface area contributed by atoms with Gasteiger partial charge in [0.2, 0.25) is 17.7 Å². The van der Waals surface area contributed by atoms with Crippen LogP contribution in [0.25, 0.3) is 11.1 Å². The van der Waals surface area contributed by atoms with E-state index in [-0.39, 0.29) is 12.0 Å². The molecule has 2 aromatic carbocycles. The molecule has 33 heavy (non-hydrogen) atoms. The van der Waals surface area contributed by atoms with Crippen molar-refractivity contribution in [2.24, 2.45) is 0 Å². The van der Waals surface area contributed by atoms with E-state index in [4.69, 9.17) is 9.47 Å². The van der Waals surface area contributed by atoms with Crippen LogP contribution in [0.5, 0.6) is 11.8 Å². The summed E-state index contributed by atoms with van der Waals surface area (Å²) < 4.78 is 11.9. The maximum Gasteiger partial charge on any atom is 0.220 e. The molecular formula is C27H31N3O3. The van der Waals surface area contributed by atoms with Gasteiger partial charge in [-0.3, -0.25) is 4.79 Å². The van der Waals surface area contributed by atoms with Crippen LogP contribution in [0, 0.1) is 0 Å². The Hall–Kier alpha value is -3.38. The van der Waals surface area contributed by atoms with Crippen molar-refractivity contribution < 1.29 is 14.3 Å². The number of carbonyl (C=O) groups is 1. The van der Waals surface area contributed by atoms with Gasteiger partial charge < -0.3 is 20.1 Å². The van der Waals surface area contributed by atoms with Gasteiger partial charge in [0.25, 0.3) is 0 Å². The molecule has 0 radical (unpaired) electrons. The zero-order chi connectivity index (χ0) is 23.0. The molecular weight excluding hydrogens is 414 g/mol. The molecule has 4 rings (SSSR count). The maximum atomic E-state index is 11.0. The van der Waals surface area contributed by atoms with Crippen molar-refractivity contribution in [2.45, 2.75) is 38.8 Å². The van der Waals surface area contributed by atoms with Gasteiger partial charge in [-0.05, 0) is 47.6 Å². The van der Waals surface area contributed by atoms with Crippen molar-refractivity contribution in [1.29, 1.82) is 0 Å². The Morgan fingerprint density at radius 1 is 1.06 bits per heavy atom. The molecule has 1 aromatic heterocycles. The Morgan fingerprint density at radius 3 is 2.70 bits per heavy atom. The van der Waals surface area contributed by atoms with Gasteiger partial charge in [-0.25, -0.2) is 0 Å². The minimum atomic E-state index is -0.0313. The van der Waals surface area contributed by atoms with Crippen molar-refractivity contribution in [1.82, 2.24) is 15.6 Å². The summed E-state index contributed by atoms with van der Waals surface area (Å²) in [4.78, 5) is 15.6. The largest absolute Gasteiger partial charge is 0.481 e. The first kappa shape index (κ1) is 22.8. The third-order valence-corrected chi connectivity index (χ3v) is 5.90. The van der Waals surface area contributed by atoms with E-state index in [1.54, 1.807) is 7.11 Å². The average molecular weight is 446 g/mol. The van der Waals surface area contributed by atoms with Crippen molar-refractivity contribution in [3.05, 3.63) is 77.4 Å². The second kappa shape index (κ2) is 11.0. The summed E-state index contributed by atoms with van der Waals surface area (Å²) >= 11 is 0. The molecule has 0 aliphatic heterocycles. The van der Waals surface area contributed by atoms with E-state index in [2.05, 4.69) is 58.1 Å². The second-order valence-corrected chi connectivity index (χ2v) is 8.22. The number of ether oxygens (including phenoxy) is 2. The summed E-state index contributed by atoms with van der Waals surface area (Å²) in [5.74, 6) is 1.09. The topological polar surface area (TPSA) is 72.5 Å². The van der Waals surface area contributed by atoms with Gasteiger partial charge in [0.15, 0.2) is 0 Å². The van der Waals surface area contributed by atoms with Crippen LogP contribution in [-0.4, -0.2) is 31.1 Å². The molecule has 1 heterocycles. The summed E-state index contributed by atoms with van der Waals surface area (Å²) in [5, 5.41) is 6.06. The monoisotopic (exact) mass is 445 g/mol. The molecule has 1 aliphatic rings. The van der Waals surface area contributed by atoms with Crippen LogP contribution in [0.15, 0.2) is 60.7 Å². The van der Waals surface area contributed by atoms with E-state index in [0.29, 0.717) is 31.4 Å². The average Bonchev–Trinajstić information content (AvgIpc) is 2.84. The molecule has 172 valence electrons. The van der Waals surface area contributed by atoms with Crippen LogP contribution < -0.4 is 20.1 Å². The third-order valence-electron chi connectivity index (χ3n) is 5.90. The summed E-state index contributed by atoms with van der Waals surface area (Å²) in [6.07, 6.45) is 3.06. The lowest BCUT2D eigenvalue weighted by Gasteiger charge is -2.28. The normalized spacial score (nSPS) is 14.9. The molecule has 6 nitrogen and oxygen atoms in total. The number of nitrogens with zero attached hydrogens (tertiary/aromatic N) is 1. The number of rotatable bonds is 9. The predicted octanol–water partition coefficient (Wildman–Crippen LogP) is 4.44. The van der Waals surface area contributed by atoms with Crippen LogP contribution in [0.3, 0.4) is 0 Å². The molecule has 0 fully saturated rings. The molecule has 2 N–H and O–H groups in total. The van der Waals surface area contributed by atoms with Gasteiger partial charge in [-0.2, -0.15) is 4.98 Å². The number of nitrogens with one attached hydrogen (secondary N) is 2. The lowest BCUT2D eigenvalue weighted by Crippen LogP contribution is -2.30. The standard InChI is InChI=1S/C27H31N3O3/c1-19(31)29-17-16-28-18-21-14-15-26(30-27(21)32-2)33-25-13-7-11-23-22(10-6-12-24(23)25)20-8-4-3-5-9-20/h3-6,8-10,12,14-15,25,28H,7,11,13,16-18H2,1-2H3,(H,29,31)/t25-/m0/s1. The van der Waals surface area contributed by atoms with Gasteiger partial charge in [0.1, 0.15) is 6.10 Å². The van der Waals surface area contributed by atoms with Crippen LogP contribution in [-0.2, 0) is 17.8 Å². The fourth-order valence-electron chi connectivity index (χ4n) is 4.34. The highest BCUT2D eigenvalue weighted by molar-refractivity contribution is 5.72. The summed E-state index contributed by atoms with van der Waals surface area (Å²) in [7, 11) is 1.62. The minimum absolute atomic E-state index is 0.0299. The molecule has 1 aliphatic carbocycles. The number of benzene rings is 2. The van der Waals surface area contributed by atoms with E-state index in [1.807, 2.05) is 18.2 Å². The van der Waals surface area contributed by atoms with Crippen LogP contribution in [0.2, 0.25) is 0 Å². The Morgan fingerprint density at radius 2 is 1.91 bits per heavy atom. The molecule has 1 atom stereocenters. The Labute approximate surface area is 195 Å². The first-order chi connectivity index (χ1) is 16.2. The van der Waals surface area contributed by atoms with Crippen molar-refractivity contribution in [3.8, 4) is 22.9 Å². The third kappa shape index (κ3) is 5.71. The summed E-state index contributed by atoms with van der Waals surface area (Å²) in [6.45, 7) is 3.36. The van der Waals surface area contributed by atoms with Crippen molar-refractivity contribution in [2.75, 3.05) is 20.2 Å².